The second-order valence-corrected chi connectivity index (χ2v) is 8.50. The highest BCUT2D eigenvalue weighted by molar-refractivity contribution is 5.98. The van der Waals surface area contributed by atoms with Crippen LogP contribution in [-0.4, -0.2) is 21.9 Å². The number of aromatic nitrogens is 2. The maximum absolute atomic E-state index is 13.9. The molecule has 0 spiro atoms. The first-order valence-corrected chi connectivity index (χ1v) is 11.3. The number of halogens is 3. The summed E-state index contributed by atoms with van der Waals surface area (Å²) in [4.78, 5) is 13.0. The summed E-state index contributed by atoms with van der Waals surface area (Å²) in [5.41, 5.74) is 3.75. The molecule has 3 aromatic carbocycles. The van der Waals surface area contributed by atoms with Crippen molar-refractivity contribution in [1.29, 1.82) is 0 Å². The van der Waals surface area contributed by atoms with Gasteiger partial charge in [0.25, 0.3) is 5.91 Å². The largest absolute Gasteiger partial charge is 0.410 e. The SMILES string of the molecule is O=C(NCc1cccc(-c2ccccc2)c1)c1cnn2c1N[C@@H](c1ccccc1)C[C@H]2C(F)(F)F. The van der Waals surface area contributed by atoms with Gasteiger partial charge < -0.3 is 10.6 Å². The van der Waals surface area contributed by atoms with Crippen LogP contribution in [0.25, 0.3) is 11.1 Å². The molecular formula is C27H23F3N4O. The van der Waals surface area contributed by atoms with Crippen molar-refractivity contribution in [3.05, 3.63) is 108 Å². The van der Waals surface area contributed by atoms with E-state index in [2.05, 4.69) is 15.7 Å². The van der Waals surface area contributed by atoms with E-state index in [0.29, 0.717) is 0 Å². The number of hydrogen-bond acceptors (Lipinski definition) is 3. The molecule has 1 aliphatic heterocycles. The van der Waals surface area contributed by atoms with Crippen LogP contribution in [0.1, 0.15) is 40.0 Å². The highest BCUT2D eigenvalue weighted by Crippen LogP contribution is 2.44. The standard InChI is InChI=1S/C27H23F3N4O/c28-27(29,30)24-15-23(20-11-5-2-6-12-20)33-25-22(17-32-34(24)25)26(35)31-16-18-8-7-13-21(14-18)19-9-3-1-4-10-19/h1-14,17,23-24,33H,15-16H2,(H,31,35)/t23-,24+/m1/s1. The first-order valence-electron chi connectivity index (χ1n) is 11.3. The topological polar surface area (TPSA) is 59.0 Å². The van der Waals surface area contributed by atoms with Crippen LogP contribution in [0.2, 0.25) is 0 Å². The highest BCUT2D eigenvalue weighted by Gasteiger charge is 2.47. The lowest BCUT2D eigenvalue weighted by molar-refractivity contribution is -0.173. The molecule has 2 heterocycles. The fourth-order valence-electron chi connectivity index (χ4n) is 4.40. The van der Waals surface area contributed by atoms with Crippen molar-refractivity contribution in [2.24, 2.45) is 0 Å². The lowest BCUT2D eigenvalue weighted by Crippen LogP contribution is -2.36. The maximum atomic E-state index is 13.9. The summed E-state index contributed by atoms with van der Waals surface area (Å²) in [6, 6.07) is 24.1. The van der Waals surface area contributed by atoms with Gasteiger partial charge in [0.05, 0.1) is 12.2 Å². The zero-order valence-electron chi connectivity index (χ0n) is 18.7. The minimum atomic E-state index is -4.50. The molecule has 2 atom stereocenters. The van der Waals surface area contributed by atoms with Crippen LogP contribution >= 0.6 is 0 Å². The van der Waals surface area contributed by atoms with Crippen LogP contribution in [0.3, 0.4) is 0 Å². The zero-order chi connectivity index (χ0) is 24.4. The van der Waals surface area contributed by atoms with E-state index in [1.165, 1.54) is 6.20 Å². The second-order valence-electron chi connectivity index (χ2n) is 8.50. The molecule has 0 saturated carbocycles. The molecule has 1 aliphatic rings. The molecule has 0 radical (unpaired) electrons. The zero-order valence-corrected chi connectivity index (χ0v) is 18.7. The Bertz CT molecular complexity index is 1320. The van der Waals surface area contributed by atoms with Crippen LogP contribution < -0.4 is 10.6 Å². The van der Waals surface area contributed by atoms with Gasteiger partial charge in [-0.3, -0.25) is 4.79 Å². The Morgan fingerprint density at radius 1 is 0.971 bits per heavy atom. The molecule has 35 heavy (non-hydrogen) atoms. The average Bonchev–Trinajstić information content (AvgIpc) is 3.31. The molecule has 5 nitrogen and oxygen atoms in total. The predicted molar refractivity (Wildman–Crippen MR) is 128 cm³/mol. The number of amides is 1. The lowest BCUT2D eigenvalue weighted by atomic mass is 9.96. The Labute approximate surface area is 200 Å². The fraction of sp³-hybridized carbons (Fsp3) is 0.185. The van der Waals surface area contributed by atoms with Crippen LogP contribution in [-0.2, 0) is 6.54 Å². The Morgan fingerprint density at radius 3 is 2.37 bits per heavy atom. The number of anilines is 1. The number of alkyl halides is 3. The van der Waals surface area contributed by atoms with E-state index >= 15 is 0 Å². The van der Waals surface area contributed by atoms with Gasteiger partial charge in [-0.1, -0.05) is 78.9 Å². The molecule has 0 unspecified atom stereocenters. The van der Waals surface area contributed by atoms with Crippen molar-refractivity contribution < 1.29 is 18.0 Å². The van der Waals surface area contributed by atoms with Crippen LogP contribution in [0.4, 0.5) is 19.0 Å². The average molecular weight is 477 g/mol. The van der Waals surface area contributed by atoms with Gasteiger partial charge in [-0.25, -0.2) is 4.68 Å². The normalized spacial score (nSPS) is 17.3. The number of carbonyl (C=O) groups excluding carboxylic acids is 1. The van der Waals surface area contributed by atoms with E-state index in [1.807, 2.05) is 60.7 Å². The fourth-order valence-corrected chi connectivity index (χ4v) is 4.40. The summed E-state index contributed by atoms with van der Waals surface area (Å²) >= 11 is 0. The van der Waals surface area contributed by atoms with Crippen molar-refractivity contribution in [3.63, 3.8) is 0 Å². The third-order valence-corrected chi connectivity index (χ3v) is 6.17. The van der Waals surface area contributed by atoms with Gasteiger partial charge >= 0.3 is 6.18 Å². The molecule has 0 aliphatic carbocycles. The van der Waals surface area contributed by atoms with Gasteiger partial charge in [-0.2, -0.15) is 18.3 Å². The highest BCUT2D eigenvalue weighted by atomic mass is 19.4. The van der Waals surface area contributed by atoms with E-state index in [1.54, 1.807) is 24.3 Å². The molecular weight excluding hydrogens is 453 g/mol. The first-order chi connectivity index (χ1) is 16.9. The number of rotatable bonds is 5. The smallest absolute Gasteiger partial charge is 0.363 e. The summed E-state index contributed by atoms with van der Waals surface area (Å²) < 4.78 is 42.5. The Morgan fingerprint density at radius 2 is 1.66 bits per heavy atom. The molecule has 178 valence electrons. The van der Waals surface area contributed by atoms with E-state index in [4.69, 9.17) is 0 Å². The van der Waals surface area contributed by atoms with Crippen molar-refractivity contribution in [2.45, 2.75) is 31.2 Å². The Kier molecular flexibility index (Phi) is 6.03. The van der Waals surface area contributed by atoms with Gasteiger partial charge in [0, 0.05) is 13.0 Å². The maximum Gasteiger partial charge on any atom is 0.410 e. The van der Waals surface area contributed by atoms with E-state index in [-0.39, 0.29) is 24.3 Å². The minimum absolute atomic E-state index is 0.0722. The van der Waals surface area contributed by atoms with E-state index in [9.17, 15) is 18.0 Å². The lowest BCUT2D eigenvalue weighted by Gasteiger charge is -2.34. The van der Waals surface area contributed by atoms with Gasteiger partial charge in [0.15, 0.2) is 6.04 Å². The van der Waals surface area contributed by atoms with Crippen molar-refractivity contribution in [1.82, 2.24) is 15.1 Å². The summed E-state index contributed by atoms with van der Waals surface area (Å²) in [7, 11) is 0. The van der Waals surface area contributed by atoms with Gasteiger partial charge in [0.1, 0.15) is 11.4 Å². The third-order valence-electron chi connectivity index (χ3n) is 6.17. The molecule has 0 saturated heterocycles. The number of fused-ring (bicyclic) bond motifs is 1. The summed E-state index contributed by atoms with van der Waals surface area (Å²) in [5, 5.41) is 9.87. The molecule has 1 amide bonds. The van der Waals surface area contributed by atoms with E-state index in [0.717, 1.165) is 26.9 Å². The number of nitrogens with zero attached hydrogens (tertiary/aromatic N) is 2. The Balaban J connectivity index is 1.37. The van der Waals surface area contributed by atoms with Crippen molar-refractivity contribution in [2.75, 3.05) is 5.32 Å². The number of nitrogens with one attached hydrogen (secondary N) is 2. The second kappa shape index (κ2) is 9.29. The monoisotopic (exact) mass is 476 g/mol. The van der Waals surface area contributed by atoms with Crippen molar-refractivity contribution >= 4 is 11.7 Å². The summed E-state index contributed by atoms with van der Waals surface area (Å²) in [6.45, 7) is 0.231. The number of benzene rings is 3. The van der Waals surface area contributed by atoms with Gasteiger partial charge in [-0.05, 0) is 28.3 Å². The molecule has 2 N–H and O–H groups in total. The molecule has 5 rings (SSSR count). The quantitative estimate of drug-likeness (QED) is 0.364. The van der Waals surface area contributed by atoms with Crippen LogP contribution in [0.5, 0.6) is 0 Å². The number of carbonyl (C=O) groups is 1. The molecule has 8 heteroatoms. The minimum Gasteiger partial charge on any atom is -0.363 e. The molecule has 0 fully saturated rings. The van der Waals surface area contributed by atoms with Gasteiger partial charge in [0.2, 0.25) is 0 Å². The number of hydrogen-bond donors (Lipinski definition) is 2. The molecule has 4 aromatic rings. The van der Waals surface area contributed by atoms with Gasteiger partial charge in [-0.15, -0.1) is 0 Å². The van der Waals surface area contributed by atoms with Crippen molar-refractivity contribution in [3.8, 4) is 11.1 Å². The first kappa shape index (κ1) is 22.7. The molecule has 0 bridgehead atoms. The third kappa shape index (κ3) is 4.77. The van der Waals surface area contributed by atoms with Crippen LogP contribution in [0, 0.1) is 0 Å². The summed E-state index contributed by atoms with van der Waals surface area (Å²) in [6.07, 6.45) is -3.51. The molecule has 1 aromatic heterocycles. The Hall–Kier alpha value is -4.07. The van der Waals surface area contributed by atoms with Crippen LogP contribution in [0.15, 0.2) is 91.1 Å². The predicted octanol–water partition coefficient (Wildman–Crippen LogP) is 6.14. The van der Waals surface area contributed by atoms with E-state index < -0.39 is 24.2 Å². The summed E-state index contributed by atoms with van der Waals surface area (Å²) in [5.74, 6) is -0.415.